The summed E-state index contributed by atoms with van der Waals surface area (Å²) in [5.74, 6) is 0.692. The van der Waals surface area contributed by atoms with Crippen molar-refractivity contribution in [1.29, 1.82) is 0 Å². The Balaban J connectivity index is 0.000000673. The number of carbonyl (C=O) groups is 1. The molecule has 3 N–H and O–H groups in total. The molecule has 0 radical (unpaired) electrons. The number of amides is 1. The van der Waals surface area contributed by atoms with Crippen molar-refractivity contribution < 1.29 is 4.79 Å². The van der Waals surface area contributed by atoms with Crippen molar-refractivity contribution in [1.82, 2.24) is 30.7 Å². The van der Waals surface area contributed by atoms with Crippen LogP contribution in [-0.2, 0) is 11.2 Å². The van der Waals surface area contributed by atoms with E-state index in [1.807, 2.05) is 64.1 Å². The van der Waals surface area contributed by atoms with Crippen LogP contribution in [0.5, 0.6) is 0 Å². The molecule has 0 bridgehead atoms. The van der Waals surface area contributed by atoms with Crippen LogP contribution in [0.2, 0.25) is 0 Å². The maximum Gasteiger partial charge on any atom is 0.246 e. The second-order valence-electron chi connectivity index (χ2n) is 6.28. The molecule has 0 atom stereocenters. The van der Waals surface area contributed by atoms with Gasteiger partial charge in [0.2, 0.25) is 5.91 Å². The summed E-state index contributed by atoms with van der Waals surface area (Å²) in [6.45, 7) is 14.5. The molecule has 2 heterocycles. The van der Waals surface area contributed by atoms with Gasteiger partial charge in [0, 0.05) is 35.2 Å². The van der Waals surface area contributed by atoms with Crippen LogP contribution in [0.1, 0.15) is 39.8 Å². The molecule has 1 amide bonds. The van der Waals surface area contributed by atoms with Crippen molar-refractivity contribution in [2.75, 3.05) is 6.54 Å². The lowest BCUT2D eigenvalue weighted by Gasteiger charge is -2.03. The molecule has 160 valence electrons. The zero-order valence-corrected chi connectivity index (χ0v) is 18.3. The number of carbonyl (C=O) groups excluding carboxylic acids is 1. The van der Waals surface area contributed by atoms with Crippen molar-refractivity contribution in [3.8, 4) is 11.4 Å². The smallest absolute Gasteiger partial charge is 0.246 e. The van der Waals surface area contributed by atoms with Crippen molar-refractivity contribution in [2.45, 2.75) is 40.5 Å². The Labute approximate surface area is 178 Å². The molecule has 1 aromatic carbocycles. The molecule has 3 aromatic rings. The van der Waals surface area contributed by atoms with Gasteiger partial charge in [-0.1, -0.05) is 25.2 Å². The van der Waals surface area contributed by atoms with Crippen LogP contribution in [0, 0.1) is 0 Å². The van der Waals surface area contributed by atoms with Crippen molar-refractivity contribution >= 4 is 16.8 Å². The normalized spacial score (nSPS) is 10.9. The van der Waals surface area contributed by atoms with Crippen LogP contribution in [0.4, 0.5) is 0 Å². The highest BCUT2D eigenvalue weighted by atomic mass is 16.1. The van der Waals surface area contributed by atoms with E-state index in [1.165, 1.54) is 6.33 Å². The number of aromatic nitrogens is 5. The zero-order valence-electron chi connectivity index (χ0n) is 18.3. The fourth-order valence-corrected chi connectivity index (χ4v) is 2.44. The number of hydrogen-bond donors (Lipinski definition) is 3. The summed E-state index contributed by atoms with van der Waals surface area (Å²) in [4.78, 5) is 16.1. The SMILES string of the molecule is C/C=C\C.C=C.CCCNC(=O)/C(C)=C/Cc1[nH]nc2ccc(-c3ncn[nH]3)cc12. The van der Waals surface area contributed by atoms with Crippen LogP contribution in [0.3, 0.4) is 0 Å². The molecule has 30 heavy (non-hydrogen) atoms. The van der Waals surface area contributed by atoms with Gasteiger partial charge in [0.25, 0.3) is 0 Å². The van der Waals surface area contributed by atoms with E-state index in [4.69, 9.17) is 0 Å². The average molecular weight is 409 g/mol. The standard InChI is InChI=1S/C17H20N6O.C4H8.C2H4/c1-3-8-18-17(24)11(2)4-6-14-13-9-12(16-19-10-20-23-16)5-7-15(13)22-21-14;1-3-4-2;1-2/h4-5,7,9-10H,3,6,8H2,1-2H3,(H,18,24)(H,21,22)(H,19,20,23);3-4H,1-2H3;1-2H2/b11-4+;4-3-;. The number of rotatable bonds is 6. The minimum Gasteiger partial charge on any atom is -0.352 e. The number of hydrogen-bond acceptors (Lipinski definition) is 4. The Morgan fingerprint density at radius 3 is 2.53 bits per heavy atom. The molecule has 0 spiro atoms. The van der Waals surface area contributed by atoms with Crippen LogP contribution >= 0.6 is 0 Å². The summed E-state index contributed by atoms with van der Waals surface area (Å²) >= 11 is 0. The average Bonchev–Trinajstić information content (AvgIpc) is 3.47. The summed E-state index contributed by atoms with van der Waals surface area (Å²) in [6, 6.07) is 5.92. The van der Waals surface area contributed by atoms with Crippen LogP contribution in [-0.4, -0.2) is 37.8 Å². The van der Waals surface area contributed by atoms with Crippen molar-refractivity contribution in [3.63, 3.8) is 0 Å². The van der Waals surface area contributed by atoms with E-state index in [9.17, 15) is 4.79 Å². The lowest BCUT2D eigenvalue weighted by molar-refractivity contribution is -0.117. The van der Waals surface area contributed by atoms with E-state index in [0.29, 0.717) is 18.5 Å². The highest BCUT2D eigenvalue weighted by molar-refractivity contribution is 5.93. The Bertz CT molecular complexity index is 949. The van der Waals surface area contributed by atoms with Gasteiger partial charge in [-0.25, -0.2) is 4.98 Å². The molecule has 0 aliphatic rings. The first-order valence-electron chi connectivity index (χ1n) is 9.95. The minimum absolute atomic E-state index is 0.0250. The van der Waals surface area contributed by atoms with Gasteiger partial charge in [-0.15, -0.1) is 13.2 Å². The summed E-state index contributed by atoms with van der Waals surface area (Å²) in [6.07, 6.45) is 8.94. The number of nitrogens with one attached hydrogen (secondary N) is 3. The molecule has 0 aliphatic carbocycles. The summed E-state index contributed by atoms with van der Waals surface area (Å²) in [5, 5.41) is 18.0. The van der Waals surface area contributed by atoms with Gasteiger partial charge < -0.3 is 5.32 Å². The zero-order chi connectivity index (χ0) is 22.4. The maximum atomic E-state index is 11.9. The maximum absolute atomic E-state index is 11.9. The number of benzene rings is 1. The highest BCUT2D eigenvalue weighted by Crippen LogP contribution is 2.23. The van der Waals surface area contributed by atoms with Crippen LogP contribution < -0.4 is 5.32 Å². The van der Waals surface area contributed by atoms with Gasteiger partial charge in [0.1, 0.15) is 6.33 Å². The van der Waals surface area contributed by atoms with E-state index in [-0.39, 0.29) is 5.91 Å². The number of aromatic amines is 2. The Morgan fingerprint density at radius 2 is 1.93 bits per heavy atom. The highest BCUT2D eigenvalue weighted by Gasteiger charge is 2.09. The Hall–Kier alpha value is -3.48. The predicted octanol–water partition coefficient (Wildman–Crippen LogP) is 4.75. The third kappa shape index (κ3) is 7.16. The lowest BCUT2D eigenvalue weighted by Crippen LogP contribution is -2.24. The van der Waals surface area contributed by atoms with Gasteiger partial charge in [-0.05, 0) is 45.4 Å². The van der Waals surface area contributed by atoms with Gasteiger partial charge in [-0.2, -0.15) is 10.2 Å². The monoisotopic (exact) mass is 408 g/mol. The minimum atomic E-state index is -0.0250. The third-order valence-corrected chi connectivity index (χ3v) is 4.16. The van der Waals surface area contributed by atoms with Crippen LogP contribution in [0.15, 0.2) is 61.5 Å². The molecule has 0 fully saturated rings. The number of nitrogens with zero attached hydrogens (tertiary/aromatic N) is 3. The summed E-state index contributed by atoms with van der Waals surface area (Å²) in [5.41, 5.74) is 3.50. The lowest BCUT2D eigenvalue weighted by atomic mass is 10.1. The predicted molar refractivity (Wildman–Crippen MR) is 124 cm³/mol. The molecule has 0 aliphatic heterocycles. The molecule has 7 heteroatoms. The first-order valence-corrected chi connectivity index (χ1v) is 9.95. The van der Waals surface area contributed by atoms with Gasteiger partial charge in [-0.3, -0.25) is 15.0 Å². The molecule has 0 saturated heterocycles. The number of fused-ring (bicyclic) bond motifs is 1. The fourth-order valence-electron chi connectivity index (χ4n) is 2.44. The van der Waals surface area contributed by atoms with E-state index in [0.717, 1.165) is 34.4 Å². The van der Waals surface area contributed by atoms with E-state index < -0.39 is 0 Å². The van der Waals surface area contributed by atoms with Gasteiger partial charge in [0.05, 0.1) is 5.52 Å². The van der Waals surface area contributed by atoms with Crippen LogP contribution in [0.25, 0.3) is 22.3 Å². The largest absolute Gasteiger partial charge is 0.352 e. The van der Waals surface area contributed by atoms with Gasteiger partial charge >= 0.3 is 0 Å². The van der Waals surface area contributed by atoms with Gasteiger partial charge in [0.15, 0.2) is 5.82 Å². The number of allylic oxidation sites excluding steroid dienone is 3. The van der Waals surface area contributed by atoms with E-state index in [1.54, 1.807) is 0 Å². The summed E-state index contributed by atoms with van der Waals surface area (Å²) < 4.78 is 0. The van der Waals surface area contributed by atoms with E-state index >= 15 is 0 Å². The quantitative estimate of drug-likeness (QED) is 0.405. The summed E-state index contributed by atoms with van der Waals surface area (Å²) in [7, 11) is 0. The topological polar surface area (TPSA) is 99.3 Å². The van der Waals surface area contributed by atoms with Crippen molar-refractivity contribution in [3.05, 3.63) is 67.2 Å². The van der Waals surface area contributed by atoms with Crippen molar-refractivity contribution in [2.24, 2.45) is 0 Å². The number of H-pyrrole nitrogens is 2. The Morgan fingerprint density at radius 1 is 1.20 bits per heavy atom. The molecule has 3 rings (SSSR count). The fraction of sp³-hybridized carbons (Fsp3) is 0.304. The molecule has 0 saturated carbocycles. The second-order valence-corrected chi connectivity index (χ2v) is 6.28. The molecular formula is C23H32N6O. The first-order chi connectivity index (χ1) is 14.6. The van der Waals surface area contributed by atoms with E-state index in [2.05, 4.69) is 43.9 Å². The first kappa shape index (κ1) is 24.6. The second kappa shape index (κ2) is 13.7. The Kier molecular flexibility index (Phi) is 11.2. The molecule has 2 aromatic heterocycles. The third-order valence-electron chi connectivity index (χ3n) is 4.16. The molecule has 7 nitrogen and oxygen atoms in total. The molecule has 0 unspecified atom stereocenters. The molecular weight excluding hydrogens is 376 g/mol.